The average Bonchev–Trinajstić information content (AvgIpc) is 2.81. The number of amides is 1. The molecule has 5 heteroatoms. The Kier molecular flexibility index (Phi) is 4.04. The van der Waals surface area contributed by atoms with E-state index in [9.17, 15) is 9.59 Å². The molecule has 0 bridgehead atoms. The number of hydrogen-bond acceptors (Lipinski definition) is 3. The van der Waals surface area contributed by atoms with Crippen LogP contribution in [0, 0.1) is 0 Å². The third-order valence-electron chi connectivity index (χ3n) is 3.29. The molecular formula is C14H17NO4. The van der Waals surface area contributed by atoms with Gasteiger partial charge in [-0.2, -0.15) is 0 Å². The number of ether oxygens (including phenoxy) is 1. The normalized spacial score (nSPS) is 13.2. The topological polar surface area (TPSA) is 66.8 Å². The highest BCUT2D eigenvalue weighted by molar-refractivity contribution is 5.96. The molecule has 1 heterocycles. The zero-order valence-electron chi connectivity index (χ0n) is 10.9. The monoisotopic (exact) mass is 263 g/mol. The van der Waals surface area contributed by atoms with Crippen LogP contribution in [0.4, 0.5) is 5.69 Å². The van der Waals surface area contributed by atoms with Gasteiger partial charge in [-0.15, -0.1) is 0 Å². The molecule has 0 aromatic heterocycles. The highest BCUT2D eigenvalue weighted by Gasteiger charge is 2.26. The van der Waals surface area contributed by atoms with Gasteiger partial charge in [-0.1, -0.05) is 6.07 Å². The lowest BCUT2D eigenvalue weighted by atomic mass is 10.1. The molecule has 1 N–H and O–H groups in total. The molecule has 1 aliphatic rings. The van der Waals surface area contributed by atoms with Crippen LogP contribution in [-0.4, -0.2) is 30.6 Å². The smallest absolute Gasteiger partial charge is 0.303 e. The molecule has 5 nitrogen and oxygen atoms in total. The van der Waals surface area contributed by atoms with Gasteiger partial charge in [-0.3, -0.25) is 9.59 Å². The summed E-state index contributed by atoms with van der Waals surface area (Å²) in [7, 11) is 1.62. The molecule has 102 valence electrons. The van der Waals surface area contributed by atoms with Crippen molar-refractivity contribution < 1.29 is 19.4 Å². The van der Waals surface area contributed by atoms with Crippen LogP contribution in [0.3, 0.4) is 0 Å². The van der Waals surface area contributed by atoms with E-state index in [4.69, 9.17) is 9.84 Å². The van der Waals surface area contributed by atoms with Crippen LogP contribution < -0.4 is 9.64 Å². The summed E-state index contributed by atoms with van der Waals surface area (Å²) in [6, 6.07) is 5.65. The van der Waals surface area contributed by atoms with Gasteiger partial charge in [0.1, 0.15) is 5.75 Å². The van der Waals surface area contributed by atoms with E-state index in [0.717, 1.165) is 23.4 Å². The van der Waals surface area contributed by atoms with Gasteiger partial charge in [-0.25, -0.2) is 0 Å². The van der Waals surface area contributed by atoms with E-state index in [0.29, 0.717) is 13.0 Å². The second-order valence-corrected chi connectivity index (χ2v) is 4.50. The summed E-state index contributed by atoms with van der Waals surface area (Å²) in [5, 5.41) is 8.58. The average molecular weight is 263 g/mol. The zero-order chi connectivity index (χ0) is 13.8. The Morgan fingerprint density at radius 2 is 2.16 bits per heavy atom. The quantitative estimate of drug-likeness (QED) is 0.880. The van der Waals surface area contributed by atoms with Gasteiger partial charge in [0.05, 0.1) is 12.8 Å². The van der Waals surface area contributed by atoms with Crippen molar-refractivity contribution in [3.63, 3.8) is 0 Å². The van der Waals surface area contributed by atoms with Crippen LogP contribution in [0.15, 0.2) is 18.2 Å². The van der Waals surface area contributed by atoms with E-state index in [1.165, 1.54) is 0 Å². The van der Waals surface area contributed by atoms with Gasteiger partial charge in [0, 0.05) is 24.9 Å². The van der Waals surface area contributed by atoms with Gasteiger partial charge in [0.2, 0.25) is 5.91 Å². The number of fused-ring (bicyclic) bond motifs is 1. The van der Waals surface area contributed by atoms with Crippen molar-refractivity contribution in [2.75, 3.05) is 18.6 Å². The highest BCUT2D eigenvalue weighted by Crippen LogP contribution is 2.35. The lowest BCUT2D eigenvalue weighted by molar-refractivity contribution is -0.137. The fourth-order valence-corrected chi connectivity index (χ4v) is 2.38. The highest BCUT2D eigenvalue weighted by atomic mass is 16.5. The second kappa shape index (κ2) is 5.73. The maximum atomic E-state index is 12.1. The first kappa shape index (κ1) is 13.4. The Hall–Kier alpha value is -2.04. The number of methoxy groups -OCH3 is 1. The van der Waals surface area contributed by atoms with Gasteiger partial charge >= 0.3 is 5.97 Å². The molecule has 1 amide bonds. The first-order valence-corrected chi connectivity index (χ1v) is 6.31. The largest absolute Gasteiger partial charge is 0.496 e. The lowest BCUT2D eigenvalue weighted by Crippen LogP contribution is -2.28. The number of anilines is 1. The number of rotatable bonds is 5. The Bertz CT molecular complexity index is 498. The Morgan fingerprint density at radius 3 is 2.84 bits per heavy atom. The summed E-state index contributed by atoms with van der Waals surface area (Å²) in [5.74, 6) is -0.0807. The Labute approximate surface area is 111 Å². The van der Waals surface area contributed by atoms with Crippen molar-refractivity contribution in [3.8, 4) is 5.75 Å². The third-order valence-corrected chi connectivity index (χ3v) is 3.29. The Balaban J connectivity index is 2.05. The van der Waals surface area contributed by atoms with Gasteiger partial charge < -0.3 is 14.7 Å². The van der Waals surface area contributed by atoms with E-state index in [1.54, 1.807) is 12.0 Å². The summed E-state index contributed by atoms with van der Waals surface area (Å²) in [4.78, 5) is 24.2. The predicted octanol–water partition coefficient (Wildman–Crippen LogP) is 1.84. The molecule has 1 aliphatic heterocycles. The molecule has 1 aromatic rings. The molecule has 0 spiro atoms. The van der Waals surface area contributed by atoms with Crippen molar-refractivity contribution in [2.45, 2.75) is 25.7 Å². The van der Waals surface area contributed by atoms with Crippen LogP contribution in [0.25, 0.3) is 0 Å². The van der Waals surface area contributed by atoms with Crippen LogP contribution in [0.1, 0.15) is 24.8 Å². The summed E-state index contributed by atoms with van der Waals surface area (Å²) in [6.45, 7) is 0.640. The number of hydrogen-bond donors (Lipinski definition) is 1. The maximum Gasteiger partial charge on any atom is 0.303 e. The van der Waals surface area contributed by atoms with E-state index >= 15 is 0 Å². The van der Waals surface area contributed by atoms with Crippen molar-refractivity contribution in [2.24, 2.45) is 0 Å². The minimum atomic E-state index is -0.865. The SMILES string of the molecule is COc1cccc2c1CCN2C(=O)CCCC(=O)O. The van der Waals surface area contributed by atoms with E-state index in [-0.39, 0.29) is 18.7 Å². The zero-order valence-corrected chi connectivity index (χ0v) is 10.9. The number of carbonyl (C=O) groups excluding carboxylic acids is 1. The van der Waals surface area contributed by atoms with Gasteiger partial charge in [0.15, 0.2) is 0 Å². The summed E-state index contributed by atoms with van der Waals surface area (Å²) in [5.41, 5.74) is 1.94. The molecule has 0 atom stereocenters. The predicted molar refractivity (Wildman–Crippen MR) is 70.5 cm³/mol. The van der Waals surface area contributed by atoms with Crippen molar-refractivity contribution in [1.82, 2.24) is 0 Å². The second-order valence-electron chi connectivity index (χ2n) is 4.50. The first-order chi connectivity index (χ1) is 9.13. The van der Waals surface area contributed by atoms with Crippen molar-refractivity contribution >= 4 is 17.6 Å². The molecule has 1 aromatic carbocycles. The third kappa shape index (κ3) is 2.86. The number of nitrogens with zero attached hydrogens (tertiary/aromatic N) is 1. The minimum Gasteiger partial charge on any atom is -0.496 e. The number of aliphatic carboxylic acids is 1. The lowest BCUT2D eigenvalue weighted by Gasteiger charge is -2.17. The standard InChI is InChI=1S/C14H17NO4/c1-19-12-5-2-4-11-10(12)8-9-15(11)13(16)6-3-7-14(17)18/h2,4-5H,3,6-9H2,1H3,(H,17,18). The van der Waals surface area contributed by atoms with Crippen molar-refractivity contribution in [3.05, 3.63) is 23.8 Å². The molecule has 0 saturated carbocycles. The molecule has 0 fully saturated rings. The fourth-order valence-electron chi connectivity index (χ4n) is 2.38. The molecule has 19 heavy (non-hydrogen) atoms. The number of carbonyl (C=O) groups is 2. The van der Waals surface area contributed by atoms with Crippen molar-refractivity contribution in [1.29, 1.82) is 0 Å². The van der Waals surface area contributed by atoms with Crippen LogP contribution >= 0.6 is 0 Å². The molecule has 0 saturated heterocycles. The molecule has 0 aliphatic carbocycles. The molecule has 0 unspecified atom stereocenters. The van der Waals surface area contributed by atoms with E-state index in [2.05, 4.69) is 0 Å². The van der Waals surface area contributed by atoms with Gasteiger partial charge in [0.25, 0.3) is 0 Å². The Morgan fingerprint density at radius 1 is 1.37 bits per heavy atom. The summed E-state index contributed by atoms with van der Waals surface area (Å²) < 4.78 is 5.28. The van der Waals surface area contributed by atoms with Gasteiger partial charge in [-0.05, 0) is 25.0 Å². The van der Waals surface area contributed by atoms with Crippen LogP contribution in [-0.2, 0) is 16.0 Å². The number of benzene rings is 1. The van der Waals surface area contributed by atoms with E-state index in [1.807, 2.05) is 18.2 Å². The van der Waals surface area contributed by atoms with Crippen LogP contribution in [0.2, 0.25) is 0 Å². The fraction of sp³-hybridized carbons (Fsp3) is 0.429. The molecular weight excluding hydrogens is 246 g/mol. The number of carboxylic acid groups (broad SMARTS) is 1. The van der Waals surface area contributed by atoms with E-state index < -0.39 is 5.97 Å². The minimum absolute atomic E-state index is 0.0201. The molecule has 0 radical (unpaired) electrons. The number of carboxylic acids is 1. The first-order valence-electron chi connectivity index (χ1n) is 6.31. The summed E-state index contributed by atoms with van der Waals surface area (Å²) in [6.07, 6.45) is 1.46. The molecule has 2 rings (SSSR count). The van der Waals surface area contributed by atoms with Crippen LogP contribution in [0.5, 0.6) is 5.75 Å². The maximum absolute atomic E-state index is 12.1. The summed E-state index contributed by atoms with van der Waals surface area (Å²) >= 11 is 0.